The van der Waals surface area contributed by atoms with Crippen molar-refractivity contribution in [3.05, 3.63) is 28.8 Å². The van der Waals surface area contributed by atoms with Gasteiger partial charge in [-0.05, 0) is 24.6 Å². The molecule has 0 spiro atoms. The van der Waals surface area contributed by atoms with Crippen LogP contribution < -0.4 is 11.1 Å². The Morgan fingerprint density at radius 1 is 1.58 bits per heavy atom. The van der Waals surface area contributed by atoms with Crippen LogP contribution in [-0.2, 0) is 9.59 Å². The summed E-state index contributed by atoms with van der Waals surface area (Å²) in [6, 6.07) is 5.24. The fourth-order valence-electron chi connectivity index (χ4n) is 1.58. The Morgan fingerprint density at radius 2 is 2.32 bits per heavy atom. The number of aryl methyl sites for hydroxylation is 1. The number of hydrogen-bond acceptors (Lipinski definition) is 4. The van der Waals surface area contributed by atoms with Gasteiger partial charge in [0.25, 0.3) is 5.91 Å². The van der Waals surface area contributed by atoms with Gasteiger partial charge in [-0.2, -0.15) is 4.99 Å². The molecule has 1 aliphatic heterocycles. The molecule has 0 saturated carbocycles. The molecule has 2 amide bonds. The van der Waals surface area contributed by atoms with Crippen molar-refractivity contribution in [2.45, 2.75) is 18.6 Å². The highest BCUT2D eigenvalue weighted by atomic mass is 35.5. The number of benzene rings is 1. The highest BCUT2D eigenvalue weighted by Crippen LogP contribution is 2.24. The van der Waals surface area contributed by atoms with Crippen LogP contribution in [0.3, 0.4) is 0 Å². The molecule has 0 unspecified atom stereocenters. The van der Waals surface area contributed by atoms with Crippen LogP contribution in [-0.4, -0.2) is 22.2 Å². The molecule has 1 aromatic rings. The Kier molecular flexibility index (Phi) is 4.11. The molecular weight excluding hydrogens is 286 g/mol. The van der Waals surface area contributed by atoms with Gasteiger partial charge in [-0.25, -0.2) is 0 Å². The second-order valence-electron chi connectivity index (χ2n) is 4.11. The summed E-state index contributed by atoms with van der Waals surface area (Å²) in [5.74, 6) is -0.629. The molecule has 2 rings (SSSR count). The topological polar surface area (TPSA) is 84.6 Å². The zero-order valence-electron chi connectivity index (χ0n) is 10.1. The highest BCUT2D eigenvalue weighted by molar-refractivity contribution is 8.15. The molecule has 5 nitrogen and oxygen atoms in total. The van der Waals surface area contributed by atoms with Gasteiger partial charge in [0.1, 0.15) is 5.25 Å². The van der Waals surface area contributed by atoms with Crippen LogP contribution in [0.15, 0.2) is 23.2 Å². The predicted octanol–water partition coefficient (Wildman–Crippen LogP) is 1.93. The summed E-state index contributed by atoms with van der Waals surface area (Å²) in [5.41, 5.74) is 6.96. The normalized spacial score (nSPS) is 18.3. The van der Waals surface area contributed by atoms with E-state index in [1.54, 1.807) is 12.1 Å². The number of rotatable bonds is 3. The number of amides is 2. The molecule has 1 atom stereocenters. The summed E-state index contributed by atoms with van der Waals surface area (Å²) in [7, 11) is 0. The summed E-state index contributed by atoms with van der Waals surface area (Å²) in [6.07, 6.45) is 0.0409. The minimum absolute atomic E-state index is 0.0409. The lowest BCUT2D eigenvalue weighted by molar-refractivity contribution is -0.121. The first kappa shape index (κ1) is 13.9. The zero-order valence-corrected chi connectivity index (χ0v) is 11.7. The molecule has 0 aromatic heterocycles. The van der Waals surface area contributed by atoms with Crippen molar-refractivity contribution in [3.63, 3.8) is 0 Å². The van der Waals surface area contributed by atoms with Gasteiger partial charge in [-0.3, -0.25) is 9.59 Å². The number of carbonyl (C=O) groups excluding carboxylic acids is 2. The number of carbonyl (C=O) groups is 2. The Bertz CT molecular complexity index is 574. The van der Waals surface area contributed by atoms with Crippen LogP contribution in [0.4, 0.5) is 5.69 Å². The van der Waals surface area contributed by atoms with Crippen molar-refractivity contribution in [1.82, 2.24) is 0 Å². The number of nitrogens with zero attached hydrogens (tertiary/aromatic N) is 1. The predicted molar refractivity (Wildman–Crippen MR) is 77.4 cm³/mol. The van der Waals surface area contributed by atoms with E-state index in [4.69, 9.17) is 17.3 Å². The molecule has 100 valence electrons. The van der Waals surface area contributed by atoms with Gasteiger partial charge in [0.05, 0.1) is 0 Å². The number of nitrogens with one attached hydrogen (secondary N) is 1. The van der Waals surface area contributed by atoms with Crippen LogP contribution >= 0.6 is 23.4 Å². The van der Waals surface area contributed by atoms with Crippen LogP contribution in [0.25, 0.3) is 0 Å². The van der Waals surface area contributed by atoms with E-state index in [1.165, 1.54) is 0 Å². The van der Waals surface area contributed by atoms with Gasteiger partial charge >= 0.3 is 0 Å². The summed E-state index contributed by atoms with van der Waals surface area (Å²) in [6.45, 7) is 1.88. The maximum absolute atomic E-state index is 11.8. The first-order valence-electron chi connectivity index (χ1n) is 5.56. The van der Waals surface area contributed by atoms with E-state index in [1.807, 2.05) is 13.0 Å². The lowest BCUT2D eigenvalue weighted by Crippen LogP contribution is -2.21. The number of halogens is 1. The molecule has 7 heteroatoms. The number of amidine groups is 1. The van der Waals surface area contributed by atoms with Crippen molar-refractivity contribution in [1.29, 1.82) is 0 Å². The summed E-state index contributed by atoms with van der Waals surface area (Å²) in [4.78, 5) is 26.8. The van der Waals surface area contributed by atoms with Gasteiger partial charge in [0, 0.05) is 17.1 Å². The number of hydrogen-bond donors (Lipinski definition) is 2. The third kappa shape index (κ3) is 3.48. The third-order valence-corrected chi connectivity index (χ3v) is 3.98. The molecule has 0 radical (unpaired) electrons. The average Bonchev–Trinajstić information content (AvgIpc) is 2.62. The number of thioether (sulfide) groups is 1. The third-order valence-electron chi connectivity index (χ3n) is 2.59. The van der Waals surface area contributed by atoms with E-state index in [2.05, 4.69) is 10.3 Å². The molecule has 0 saturated heterocycles. The lowest BCUT2D eigenvalue weighted by atomic mass is 10.2. The Morgan fingerprint density at radius 3 is 2.89 bits per heavy atom. The zero-order chi connectivity index (χ0) is 14.0. The standard InChI is InChI=1S/C12H12ClN3O2S/c1-6-2-3-7(4-8(6)13)15-10(17)5-9-11(18)16-12(14)19-9/h2-4,9H,5H2,1H3,(H,15,17)(H2,14,16,18)/t9-/m0/s1. The van der Waals surface area contributed by atoms with Gasteiger partial charge in [0.15, 0.2) is 5.17 Å². The minimum Gasteiger partial charge on any atom is -0.378 e. The first-order chi connectivity index (χ1) is 8.95. The van der Waals surface area contributed by atoms with Crippen molar-refractivity contribution in [2.75, 3.05) is 5.32 Å². The first-order valence-corrected chi connectivity index (χ1v) is 6.82. The van der Waals surface area contributed by atoms with Crippen molar-refractivity contribution in [3.8, 4) is 0 Å². The Balaban J connectivity index is 1.95. The van der Waals surface area contributed by atoms with E-state index in [9.17, 15) is 9.59 Å². The van der Waals surface area contributed by atoms with Crippen LogP contribution in [0.5, 0.6) is 0 Å². The average molecular weight is 298 g/mol. The van der Waals surface area contributed by atoms with Gasteiger partial charge in [-0.15, -0.1) is 0 Å². The molecule has 19 heavy (non-hydrogen) atoms. The largest absolute Gasteiger partial charge is 0.378 e. The fourth-order valence-corrected chi connectivity index (χ4v) is 2.59. The molecule has 0 fully saturated rings. The molecule has 0 bridgehead atoms. The number of aliphatic imine (C=N–C) groups is 1. The Labute approximate surface area is 119 Å². The van der Waals surface area contributed by atoms with E-state index in [0.717, 1.165) is 17.3 Å². The second kappa shape index (κ2) is 5.63. The molecule has 1 aromatic carbocycles. The van der Waals surface area contributed by atoms with Gasteiger partial charge in [-0.1, -0.05) is 29.4 Å². The molecule has 3 N–H and O–H groups in total. The molecule has 1 aliphatic rings. The maximum Gasteiger partial charge on any atom is 0.262 e. The van der Waals surface area contributed by atoms with E-state index in [0.29, 0.717) is 10.7 Å². The van der Waals surface area contributed by atoms with Crippen molar-refractivity contribution in [2.24, 2.45) is 10.7 Å². The second-order valence-corrected chi connectivity index (χ2v) is 5.74. The van der Waals surface area contributed by atoms with Gasteiger partial charge in [0.2, 0.25) is 5.91 Å². The quantitative estimate of drug-likeness (QED) is 0.893. The van der Waals surface area contributed by atoms with Crippen LogP contribution in [0, 0.1) is 6.92 Å². The smallest absolute Gasteiger partial charge is 0.262 e. The molecule has 1 heterocycles. The van der Waals surface area contributed by atoms with E-state index in [-0.39, 0.29) is 23.4 Å². The van der Waals surface area contributed by atoms with Crippen molar-refractivity contribution < 1.29 is 9.59 Å². The monoisotopic (exact) mass is 297 g/mol. The summed E-state index contributed by atoms with van der Waals surface area (Å²) >= 11 is 7.07. The fraction of sp³-hybridized carbons (Fsp3) is 0.250. The van der Waals surface area contributed by atoms with E-state index < -0.39 is 5.25 Å². The van der Waals surface area contributed by atoms with Crippen molar-refractivity contribution >= 4 is 46.0 Å². The number of anilines is 1. The minimum atomic E-state index is -0.527. The van der Waals surface area contributed by atoms with Gasteiger partial charge < -0.3 is 11.1 Å². The van der Waals surface area contributed by atoms with Crippen LogP contribution in [0.2, 0.25) is 5.02 Å². The highest BCUT2D eigenvalue weighted by Gasteiger charge is 2.29. The molecular formula is C12H12ClN3O2S. The van der Waals surface area contributed by atoms with Crippen LogP contribution in [0.1, 0.15) is 12.0 Å². The lowest BCUT2D eigenvalue weighted by Gasteiger charge is -2.09. The number of nitrogens with two attached hydrogens (primary N) is 1. The molecule has 0 aliphatic carbocycles. The Hall–Kier alpha value is -1.53. The van der Waals surface area contributed by atoms with E-state index >= 15 is 0 Å². The summed E-state index contributed by atoms with van der Waals surface area (Å²) in [5, 5.41) is 2.95. The summed E-state index contributed by atoms with van der Waals surface area (Å²) < 4.78 is 0. The SMILES string of the molecule is Cc1ccc(NC(=O)C[C@@H]2SC(N)=NC2=O)cc1Cl. The maximum atomic E-state index is 11.8.